The third kappa shape index (κ3) is 2.33. The lowest BCUT2D eigenvalue weighted by Crippen LogP contribution is -2.55. The van der Waals surface area contributed by atoms with Gasteiger partial charge in [-0.15, -0.1) is 0 Å². The van der Waals surface area contributed by atoms with E-state index in [1.54, 1.807) is 30.1 Å². The van der Waals surface area contributed by atoms with Gasteiger partial charge in [-0.05, 0) is 37.6 Å². The Balaban J connectivity index is 2.00. The Labute approximate surface area is 130 Å². The first kappa shape index (κ1) is 15.5. The quantitative estimate of drug-likeness (QED) is 0.814. The Morgan fingerprint density at radius 2 is 2.00 bits per heavy atom. The molecule has 1 aromatic carbocycles. The van der Waals surface area contributed by atoms with Gasteiger partial charge in [-0.1, -0.05) is 0 Å². The number of carbonyl (C=O) groups excluding carboxylic acids is 1. The Morgan fingerprint density at radius 3 is 2.68 bits per heavy atom. The van der Waals surface area contributed by atoms with Gasteiger partial charge >= 0.3 is 0 Å². The van der Waals surface area contributed by atoms with Crippen LogP contribution in [0.4, 0.5) is 5.69 Å². The van der Waals surface area contributed by atoms with Gasteiger partial charge in [0.05, 0.1) is 30.1 Å². The highest BCUT2D eigenvalue weighted by molar-refractivity contribution is 7.89. The number of anilines is 1. The summed E-state index contributed by atoms with van der Waals surface area (Å²) in [5, 5.41) is 0. The molecule has 2 aliphatic rings. The van der Waals surface area contributed by atoms with Crippen molar-refractivity contribution in [3.63, 3.8) is 0 Å². The number of morpholine rings is 1. The summed E-state index contributed by atoms with van der Waals surface area (Å²) < 4.78 is 32.8. The van der Waals surface area contributed by atoms with Crippen LogP contribution in [0.5, 0.6) is 0 Å². The molecule has 0 saturated carbocycles. The van der Waals surface area contributed by atoms with Gasteiger partial charge in [0.25, 0.3) is 0 Å². The van der Waals surface area contributed by atoms with Crippen LogP contribution < -0.4 is 4.90 Å². The molecule has 2 heterocycles. The zero-order valence-electron chi connectivity index (χ0n) is 13.0. The summed E-state index contributed by atoms with van der Waals surface area (Å²) in [6.45, 7) is 4.82. The molecule has 6 nitrogen and oxygen atoms in total. The molecule has 3 rings (SSSR count). The summed E-state index contributed by atoms with van der Waals surface area (Å²) in [4.78, 5) is 13.5. The molecule has 0 radical (unpaired) electrons. The fraction of sp³-hybridized carbons (Fsp3) is 0.533. The van der Waals surface area contributed by atoms with Crippen molar-refractivity contribution < 1.29 is 17.9 Å². The van der Waals surface area contributed by atoms with Crippen LogP contribution in [0.15, 0.2) is 23.1 Å². The van der Waals surface area contributed by atoms with E-state index in [1.165, 1.54) is 4.31 Å². The maximum atomic E-state index is 12.9. The molecule has 1 saturated heterocycles. The predicted molar refractivity (Wildman–Crippen MR) is 82.3 cm³/mol. The Morgan fingerprint density at radius 1 is 1.27 bits per heavy atom. The topological polar surface area (TPSA) is 66.9 Å². The number of rotatable bonds is 2. The van der Waals surface area contributed by atoms with Gasteiger partial charge < -0.3 is 9.64 Å². The van der Waals surface area contributed by atoms with Crippen molar-refractivity contribution in [1.82, 2.24) is 4.31 Å². The first-order chi connectivity index (χ1) is 10.2. The minimum absolute atomic E-state index is 0.0174. The number of carbonyl (C=O) groups is 1. The third-order valence-electron chi connectivity index (χ3n) is 4.29. The number of sulfonamides is 1. The maximum absolute atomic E-state index is 12.9. The number of nitrogens with zero attached hydrogens (tertiary/aromatic N) is 2. The van der Waals surface area contributed by atoms with Crippen molar-refractivity contribution in [3.05, 3.63) is 23.8 Å². The predicted octanol–water partition coefficient (Wildman–Crippen LogP) is 1.01. The minimum atomic E-state index is -3.60. The number of amides is 1. The van der Waals surface area contributed by atoms with Crippen molar-refractivity contribution in [2.45, 2.75) is 30.7 Å². The molecule has 0 spiro atoms. The standard InChI is InChI=1S/C15H20N2O4S/c1-15(2)10-21-7-6-17(15)22(19,20)12-4-5-13-11(8-12)9-14(18)16(13)3/h4-5,8H,6-7,9-10H2,1-3H3. The van der Waals surface area contributed by atoms with Crippen LogP contribution in [0.3, 0.4) is 0 Å². The van der Waals surface area contributed by atoms with Gasteiger partial charge in [0.1, 0.15) is 0 Å². The van der Waals surface area contributed by atoms with Gasteiger partial charge in [-0.2, -0.15) is 4.31 Å². The van der Waals surface area contributed by atoms with Crippen molar-refractivity contribution in [3.8, 4) is 0 Å². The molecule has 120 valence electrons. The smallest absolute Gasteiger partial charge is 0.243 e. The molecule has 0 atom stereocenters. The lowest BCUT2D eigenvalue weighted by Gasteiger charge is -2.40. The maximum Gasteiger partial charge on any atom is 0.243 e. The highest BCUT2D eigenvalue weighted by Crippen LogP contribution is 2.33. The largest absolute Gasteiger partial charge is 0.378 e. The van der Waals surface area contributed by atoms with E-state index in [1.807, 2.05) is 13.8 Å². The summed E-state index contributed by atoms with van der Waals surface area (Å²) in [7, 11) is -1.90. The zero-order chi connectivity index (χ0) is 16.1. The van der Waals surface area contributed by atoms with Crippen molar-refractivity contribution in [2.24, 2.45) is 0 Å². The number of likely N-dealkylation sites (N-methyl/N-ethyl adjacent to an activating group) is 1. The van der Waals surface area contributed by atoms with E-state index in [9.17, 15) is 13.2 Å². The fourth-order valence-corrected chi connectivity index (χ4v) is 4.83. The molecule has 1 amide bonds. The third-order valence-corrected chi connectivity index (χ3v) is 6.39. The monoisotopic (exact) mass is 324 g/mol. The van der Waals surface area contributed by atoms with Crippen LogP contribution in [-0.4, -0.2) is 51.0 Å². The van der Waals surface area contributed by atoms with Gasteiger partial charge in [0.15, 0.2) is 0 Å². The summed E-state index contributed by atoms with van der Waals surface area (Å²) in [5.41, 5.74) is 0.965. The molecular weight excluding hydrogens is 304 g/mol. The number of fused-ring (bicyclic) bond motifs is 1. The van der Waals surface area contributed by atoms with E-state index in [0.29, 0.717) is 19.8 Å². The molecule has 0 N–H and O–H groups in total. The van der Waals surface area contributed by atoms with E-state index < -0.39 is 15.6 Å². The summed E-state index contributed by atoms with van der Waals surface area (Å²) in [6.07, 6.45) is 0.252. The van der Waals surface area contributed by atoms with Gasteiger partial charge in [-0.3, -0.25) is 4.79 Å². The summed E-state index contributed by atoms with van der Waals surface area (Å²) in [5.74, 6) is -0.0174. The number of benzene rings is 1. The van der Waals surface area contributed by atoms with Crippen LogP contribution >= 0.6 is 0 Å². The first-order valence-corrected chi connectivity index (χ1v) is 8.67. The Bertz CT molecular complexity index is 727. The molecule has 0 bridgehead atoms. The van der Waals surface area contributed by atoms with Crippen molar-refractivity contribution in [1.29, 1.82) is 0 Å². The normalized spacial score (nSPS) is 22.0. The molecule has 0 aliphatic carbocycles. The van der Waals surface area contributed by atoms with Gasteiger partial charge in [-0.25, -0.2) is 8.42 Å². The minimum Gasteiger partial charge on any atom is -0.378 e. The van der Waals surface area contributed by atoms with Crippen molar-refractivity contribution in [2.75, 3.05) is 31.7 Å². The Hall–Kier alpha value is -1.44. The lowest BCUT2D eigenvalue weighted by molar-refractivity contribution is -0.117. The lowest BCUT2D eigenvalue weighted by atomic mass is 10.1. The van der Waals surface area contributed by atoms with Crippen LogP contribution in [0.25, 0.3) is 0 Å². The van der Waals surface area contributed by atoms with E-state index >= 15 is 0 Å². The van der Waals surface area contributed by atoms with E-state index in [2.05, 4.69) is 0 Å². The van der Waals surface area contributed by atoms with Gasteiger partial charge in [0.2, 0.25) is 15.9 Å². The second kappa shape index (κ2) is 5.04. The van der Waals surface area contributed by atoms with E-state index in [0.717, 1.165) is 11.3 Å². The highest BCUT2D eigenvalue weighted by Gasteiger charge is 2.40. The number of hydrogen-bond acceptors (Lipinski definition) is 4. The summed E-state index contributed by atoms with van der Waals surface area (Å²) in [6, 6.07) is 4.91. The van der Waals surface area contributed by atoms with E-state index in [-0.39, 0.29) is 17.2 Å². The van der Waals surface area contributed by atoms with Crippen LogP contribution in [0, 0.1) is 0 Å². The molecule has 22 heavy (non-hydrogen) atoms. The van der Waals surface area contributed by atoms with Crippen LogP contribution in [0.2, 0.25) is 0 Å². The molecule has 0 unspecified atom stereocenters. The SMILES string of the molecule is CN1C(=O)Cc2cc(S(=O)(=O)N3CCOCC3(C)C)ccc21. The second-order valence-electron chi connectivity index (χ2n) is 6.36. The van der Waals surface area contributed by atoms with Gasteiger partial charge in [0, 0.05) is 19.3 Å². The number of hydrogen-bond donors (Lipinski definition) is 0. The highest BCUT2D eigenvalue weighted by atomic mass is 32.2. The average molecular weight is 324 g/mol. The molecule has 2 aliphatic heterocycles. The number of ether oxygens (including phenoxy) is 1. The Kier molecular flexibility index (Phi) is 3.54. The fourth-order valence-electron chi connectivity index (χ4n) is 3.02. The molecule has 0 aromatic heterocycles. The second-order valence-corrected chi connectivity index (χ2v) is 8.22. The molecular formula is C15H20N2O4S. The van der Waals surface area contributed by atoms with E-state index in [4.69, 9.17) is 4.74 Å². The molecule has 1 aromatic rings. The molecule has 7 heteroatoms. The first-order valence-electron chi connectivity index (χ1n) is 7.23. The van der Waals surface area contributed by atoms with Crippen LogP contribution in [-0.2, 0) is 26.0 Å². The zero-order valence-corrected chi connectivity index (χ0v) is 13.8. The summed E-state index contributed by atoms with van der Waals surface area (Å²) >= 11 is 0. The van der Waals surface area contributed by atoms with Crippen LogP contribution in [0.1, 0.15) is 19.4 Å². The van der Waals surface area contributed by atoms with Crippen molar-refractivity contribution >= 4 is 21.6 Å². The average Bonchev–Trinajstić information content (AvgIpc) is 2.73. The molecule has 1 fully saturated rings.